The van der Waals surface area contributed by atoms with Crippen LogP contribution in [0.2, 0.25) is 0 Å². The van der Waals surface area contributed by atoms with Gasteiger partial charge in [0.25, 0.3) is 0 Å². The Balaban J connectivity index is 3.76. The summed E-state index contributed by atoms with van der Waals surface area (Å²) in [5.41, 5.74) is -4.77. The first-order valence-electron chi connectivity index (χ1n) is 4.86. The van der Waals surface area contributed by atoms with Gasteiger partial charge in [0.05, 0.1) is 0 Å². The van der Waals surface area contributed by atoms with Crippen LogP contribution in [0.15, 0.2) is 35.9 Å². The molecule has 0 amide bonds. The Labute approximate surface area is 124 Å². The zero-order valence-electron chi connectivity index (χ0n) is 9.29. The lowest BCUT2D eigenvalue weighted by Gasteiger charge is -2.24. The lowest BCUT2D eigenvalue weighted by Crippen LogP contribution is -2.30. The molecule has 0 atom stereocenters. The van der Waals surface area contributed by atoms with Crippen LogP contribution in [0.5, 0.6) is 0 Å². The van der Waals surface area contributed by atoms with E-state index in [4.69, 9.17) is 34.8 Å². The summed E-state index contributed by atoms with van der Waals surface area (Å²) in [4.78, 5) is 0. The van der Waals surface area contributed by atoms with Crippen LogP contribution in [0.1, 0.15) is 5.56 Å². The zero-order valence-corrected chi connectivity index (χ0v) is 11.6. The fraction of sp³-hybridized carbons (Fsp3) is 0.273. The SMILES string of the molecule is FC(F)(F)C(=C(c1ccccc1)C(Cl)(Cl)Cl)C(F)(F)F. The zero-order chi connectivity index (χ0) is 15.8. The van der Waals surface area contributed by atoms with Crippen LogP contribution in [0, 0.1) is 0 Å². The molecule has 0 bridgehead atoms. The third kappa shape index (κ3) is 4.20. The maximum absolute atomic E-state index is 12.7. The molecule has 20 heavy (non-hydrogen) atoms. The number of alkyl halides is 9. The van der Waals surface area contributed by atoms with E-state index in [0.29, 0.717) is 0 Å². The van der Waals surface area contributed by atoms with E-state index in [1.807, 2.05) is 0 Å². The normalized spacial score (nSPS) is 13.2. The van der Waals surface area contributed by atoms with Crippen molar-refractivity contribution in [2.24, 2.45) is 0 Å². The van der Waals surface area contributed by atoms with Crippen molar-refractivity contribution in [3.63, 3.8) is 0 Å². The van der Waals surface area contributed by atoms with E-state index in [0.717, 1.165) is 12.1 Å². The van der Waals surface area contributed by atoms with Gasteiger partial charge in [-0.15, -0.1) is 0 Å². The summed E-state index contributed by atoms with van der Waals surface area (Å²) >= 11 is 15.9. The highest BCUT2D eigenvalue weighted by Gasteiger charge is 2.55. The third-order valence-electron chi connectivity index (χ3n) is 2.16. The highest BCUT2D eigenvalue weighted by atomic mass is 35.6. The first-order valence-corrected chi connectivity index (χ1v) is 6.00. The van der Waals surface area contributed by atoms with Crippen LogP contribution in [0.25, 0.3) is 5.57 Å². The molecule has 0 fully saturated rings. The predicted molar refractivity (Wildman–Crippen MR) is 65.8 cm³/mol. The molecule has 112 valence electrons. The lowest BCUT2D eigenvalue weighted by molar-refractivity contribution is -0.171. The number of halogens is 9. The van der Waals surface area contributed by atoms with Crippen molar-refractivity contribution >= 4 is 40.4 Å². The molecule has 0 nitrogen and oxygen atoms in total. The fourth-order valence-electron chi connectivity index (χ4n) is 1.50. The van der Waals surface area contributed by atoms with Crippen molar-refractivity contribution in [3.8, 4) is 0 Å². The summed E-state index contributed by atoms with van der Waals surface area (Å²) in [6, 6.07) is 5.86. The largest absolute Gasteiger partial charge is 0.421 e. The maximum atomic E-state index is 12.7. The quantitative estimate of drug-likeness (QED) is 0.431. The van der Waals surface area contributed by atoms with Gasteiger partial charge >= 0.3 is 12.4 Å². The molecule has 0 heterocycles. The smallest absolute Gasteiger partial charge is 0.166 e. The van der Waals surface area contributed by atoms with E-state index in [9.17, 15) is 26.3 Å². The first-order chi connectivity index (χ1) is 8.85. The molecule has 1 aromatic rings. The lowest BCUT2D eigenvalue weighted by atomic mass is 10.00. The molecule has 0 N–H and O–H groups in total. The van der Waals surface area contributed by atoms with Crippen LogP contribution in [0.3, 0.4) is 0 Å². The number of allylic oxidation sites excluding steroid dienone is 2. The van der Waals surface area contributed by atoms with E-state index in [2.05, 4.69) is 0 Å². The summed E-state index contributed by atoms with van der Waals surface area (Å²) in [5.74, 6) is 0. The molecular formula is C11H5Cl3F6. The van der Waals surface area contributed by atoms with E-state index in [1.165, 1.54) is 18.2 Å². The Morgan fingerprint density at radius 2 is 1.15 bits per heavy atom. The van der Waals surface area contributed by atoms with Crippen molar-refractivity contribution in [2.45, 2.75) is 16.1 Å². The van der Waals surface area contributed by atoms with Gasteiger partial charge in [0.15, 0.2) is 0 Å². The maximum Gasteiger partial charge on any atom is 0.421 e. The average Bonchev–Trinajstić information content (AvgIpc) is 2.21. The molecule has 0 aliphatic heterocycles. The molecule has 0 spiro atoms. The third-order valence-corrected chi connectivity index (χ3v) is 2.73. The molecule has 9 heteroatoms. The van der Waals surface area contributed by atoms with Crippen molar-refractivity contribution in [1.29, 1.82) is 0 Å². The van der Waals surface area contributed by atoms with Gasteiger partial charge in [-0.3, -0.25) is 0 Å². The summed E-state index contributed by atoms with van der Waals surface area (Å²) in [6.45, 7) is 0. The first kappa shape index (κ1) is 17.5. The topological polar surface area (TPSA) is 0 Å². The van der Waals surface area contributed by atoms with Crippen molar-refractivity contribution in [1.82, 2.24) is 0 Å². The molecule has 0 aliphatic carbocycles. The molecule has 0 aliphatic rings. The van der Waals surface area contributed by atoms with E-state index in [-0.39, 0.29) is 0 Å². The molecule has 1 aromatic carbocycles. The van der Waals surface area contributed by atoms with Crippen LogP contribution in [0.4, 0.5) is 26.3 Å². The number of benzene rings is 1. The second kappa shape index (κ2) is 5.66. The molecule has 0 unspecified atom stereocenters. The second-order valence-electron chi connectivity index (χ2n) is 3.61. The van der Waals surface area contributed by atoms with Gasteiger partial charge in [-0.05, 0) is 5.56 Å². The second-order valence-corrected chi connectivity index (χ2v) is 5.89. The van der Waals surface area contributed by atoms with Crippen LogP contribution in [-0.2, 0) is 0 Å². The van der Waals surface area contributed by atoms with E-state index < -0.39 is 32.9 Å². The van der Waals surface area contributed by atoms with Gasteiger partial charge in [0.2, 0.25) is 3.79 Å². The molecule has 0 saturated carbocycles. The number of hydrogen-bond acceptors (Lipinski definition) is 0. The summed E-state index contributed by atoms with van der Waals surface area (Å²) in [7, 11) is 0. The molecule has 0 aromatic heterocycles. The Morgan fingerprint density at radius 1 is 0.750 bits per heavy atom. The Bertz CT molecular complexity index is 480. The molecule has 1 rings (SSSR count). The van der Waals surface area contributed by atoms with Crippen LogP contribution >= 0.6 is 34.8 Å². The number of hydrogen-bond donors (Lipinski definition) is 0. The van der Waals surface area contributed by atoms with Gasteiger partial charge in [-0.25, -0.2) is 0 Å². The van der Waals surface area contributed by atoms with Gasteiger partial charge in [-0.2, -0.15) is 26.3 Å². The Morgan fingerprint density at radius 3 is 1.45 bits per heavy atom. The van der Waals surface area contributed by atoms with E-state index >= 15 is 0 Å². The van der Waals surface area contributed by atoms with Gasteiger partial charge < -0.3 is 0 Å². The standard InChI is InChI=1S/C11H5Cl3F6/c12-9(13,14)7(6-4-2-1-3-5-6)8(10(15,16)17)11(18,19)20/h1-5H. The fourth-order valence-corrected chi connectivity index (χ4v) is 2.11. The van der Waals surface area contributed by atoms with Crippen molar-refractivity contribution in [3.05, 3.63) is 41.5 Å². The minimum absolute atomic E-state index is 0.475. The van der Waals surface area contributed by atoms with Crippen molar-refractivity contribution < 1.29 is 26.3 Å². The number of rotatable bonds is 1. The highest BCUT2D eigenvalue weighted by Crippen LogP contribution is 2.51. The molecular weight excluding hydrogens is 352 g/mol. The van der Waals surface area contributed by atoms with Gasteiger partial charge in [-0.1, -0.05) is 65.1 Å². The Hall–Kier alpha value is -0.590. The summed E-state index contributed by atoms with van der Waals surface area (Å²) in [6.07, 6.45) is -11.4. The monoisotopic (exact) mass is 356 g/mol. The van der Waals surface area contributed by atoms with Gasteiger partial charge in [0, 0.05) is 5.57 Å². The average molecular weight is 358 g/mol. The summed E-state index contributed by atoms with van der Waals surface area (Å²) < 4.78 is 73.5. The molecule has 0 saturated heterocycles. The Kier molecular flexibility index (Phi) is 4.94. The van der Waals surface area contributed by atoms with Crippen LogP contribution < -0.4 is 0 Å². The highest BCUT2D eigenvalue weighted by molar-refractivity contribution is 6.72. The predicted octanol–water partition coefficient (Wildman–Crippen LogP) is 5.94. The van der Waals surface area contributed by atoms with Crippen molar-refractivity contribution in [2.75, 3.05) is 0 Å². The van der Waals surface area contributed by atoms with Gasteiger partial charge in [0.1, 0.15) is 5.57 Å². The minimum atomic E-state index is -5.71. The van der Waals surface area contributed by atoms with E-state index in [1.54, 1.807) is 0 Å². The molecule has 0 radical (unpaired) electrons. The van der Waals surface area contributed by atoms with Crippen LogP contribution in [-0.4, -0.2) is 16.1 Å². The minimum Gasteiger partial charge on any atom is -0.166 e. The summed E-state index contributed by atoms with van der Waals surface area (Å²) in [5, 5.41) is 0.